The van der Waals surface area contributed by atoms with E-state index in [9.17, 15) is 13.9 Å². The van der Waals surface area contributed by atoms with Crippen molar-refractivity contribution in [2.45, 2.75) is 43.9 Å². The SMILES string of the molecule is CCC(F)(F)c1cccc(C2(CO)CCC2)c1. The van der Waals surface area contributed by atoms with Gasteiger partial charge in [-0.25, -0.2) is 8.78 Å². The van der Waals surface area contributed by atoms with Gasteiger partial charge in [-0.2, -0.15) is 0 Å². The molecule has 1 aromatic carbocycles. The first-order valence-corrected chi connectivity index (χ1v) is 6.14. The van der Waals surface area contributed by atoms with Gasteiger partial charge in [0.25, 0.3) is 5.92 Å². The quantitative estimate of drug-likeness (QED) is 0.852. The molecule has 0 aliphatic heterocycles. The molecule has 1 fully saturated rings. The molecule has 1 nitrogen and oxygen atoms in total. The van der Waals surface area contributed by atoms with Gasteiger partial charge in [-0.3, -0.25) is 0 Å². The van der Waals surface area contributed by atoms with Crippen LogP contribution in [0.4, 0.5) is 8.78 Å². The van der Waals surface area contributed by atoms with Crippen molar-refractivity contribution in [1.29, 1.82) is 0 Å². The second kappa shape index (κ2) is 4.37. The van der Waals surface area contributed by atoms with Gasteiger partial charge in [0.2, 0.25) is 0 Å². The molecule has 3 heteroatoms. The van der Waals surface area contributed by atoms with Crippen molar-refractivity contribution in [1.82, 2.24) is 0 Å². The predicted molar refractivity (Wildman–Crippen MR) is 63.2 cm³/mol. The number of rotatable bonds is 4. The minimum atomic E-state index is -2.77. The fourth-order valence-corrected chi connectivity index (χ4v) is 2.42. The van der Waals surface area contributed by atoms with Crippen molar-refractivity contribution in [3.05, 3.63) is 35.4 Å². The fraction of sp³-hybridized carbons (Fsp3) is 0.571. The highest BCUT2D eigenvalue weighted by Gasteiger charge is 2.39. The maximum Gasteiger partial charge on any atom is 0.273 e. The predicted octanol–water partition coefficient (Wildman–Crippen LogP) is 3.60. The molecule has 0 amide bonds. The molecule has 17 heavy (non-hydrogen) atoms. The van der Waals surface area contributed by atoms with Crippen molar-refractivity contribution in [2.75, 3.05) is 6.61 Å². The maximum atomic E-state index is 13.6. The van der Waals surface area contributed by atoms with Crippen LogP contribution in [-0.2, 0) is 11.3 Å². The summed E-state index contributed by atoms with van der Waals surface area (Å²) >= 11 is 0. The van der Waals surface area contributed by atoms with Gasteiger partial charge in [-0.1, -0.05) is 31.5 Å². The van der Waals surface area contributed by atoms with E-state index in [4.69, 9.17) is 0 Å². The third kappa shape index (κ3) is 2.08. The van der Waals surface area contributed by atoms with E-state index in [1.54, 1.807) is 12.1 Å². The second-order valence-electron chi connectivity index (χ2n) is 4.93. The number of hydrogen-bond donors (Lipinski definition) is 1. The van der Waals surface area contributed by atoms with Gasteiger partial charge in [0.15, 0.2) is 0 Å². The largest absolute Gasteiger partial charge is 0.395 e. The molecule has 0 aromatic heterocycles. The van der Waals surface area contributed by atoms with Crippen molar-refractivity contribution < 1.29 is 13.9 Å². The first-order chi connectivity index (χ1) is 8.04. The van der Waals surface area contributed by atoms with E-state index in [2.05, 4.69) is 0 Å². The highest BCUT2D eigenvalue weighted by atomic mass is 19.3. The Bertz CT molecular complexity index is 391. The van der Waals surface area contributed by atoms with E-state index in [1.165, 1.54) is 13.0 Å². The summed E-state index contributed by atoms with van der Waals surface area (Å²) in [5.74, 6) is -2.77. The summed E-state index contributed by atoms with van der Waals surface area (Å²) in [4.78, 5) is 0. The molecule has 0 heterocycles. The highest BCUT2D eigenvalue weighted by Crippen LogP contribution is 2.44. The molecular formula is C14H18F2O. The van der Waals surface area contributed by atoms with Crippen LogP contribution in [0.2, 0.25) is 0 Å². The lowest BCUT2D eigenvalue weighted by molar-refractivity contribution is -0.00861. The van der Waals surface area contributed by atoms with E-state index in [1.807, 2.05) is 6.07 Å². The van der Waals surface area contributed by atoms with Crippen LogP contribution < -0.4 is 0 Å². The summed E-state index contributed by atoms with van der Waals surface area (Å²) in [5, 5.41) is 9.45. The van der Waals surface area contributed by atoms with Crippen LogP contribution in [0.5, 0.6) is 0 Å². The van der Waals surface area contributed by atoms with E-state index >= 15 is 0 Å². The Labute approximate surface area is 100 Å². The third-order valence-electron chi connectivity index (χ3n) is 3.95. The Hall–Kier alpha value is -0.960. The lowest BCUT2D eigenvalue weighted by Crippen LogP contribution is -2.38. The zero-order chi connectivity index (χ0) is 12.5. The number of alkyl halides is 2. The molecule has 0 bridgehead atoms. The van der Waals surface area contributed by atoms with Gasteiger partial charge < -0.3 is 5.11 Å². The normalized spacial score (nSPS) is 18.8. The monoisotopic (exact) mass is 240 g/mol. The Morgan fingerprint density at radius 3 is 2.53 bits per heavy atom. The zero-order valence-electron chi connectivity index (χ0n) is 10.0. The number of aliphatic hydroxyl groups is 1. The Morgan fingerprint density at radius 1 is 1.35 bits per heavy atom. The molecule has 2 rings (SSSR count). The summed E-state index contributed by atoms with van der Waals surface area (Å²) in [6, 6.07) is 6.56. The van der Waals surface area contributed by atoms with Gasteiger partial charge >= 0.3 is 0 Å². The standard InChI is InChI=1S/C14H18F2O/c1-2-14(15,16)12-6-3-5-11(9-12)13(10-17)7-4-8-13/h3,5-6,9,17H,2,4,7-8,10H2,1H3. The summed E-state index contributed by atoms with van der Waals surface area (Å²) < 4.78 is 27.2. The van der Waals surface area contributed by atoms with Gasteiger partial charge in [0.05, 0.1) is 6.61 Å². The second-order valence-corrected chi connectivity index (χ2v) is 4.93. The van der Waals surface area contributed by atoms with Gasteiger partial charge in [-0.05, 0) is 24.5 Å². The maximum absolute atomic E-state index is 13.6. The van der Waals surface area contributed by atoms with E-state index in [0.717, 1.165) is 24.8 Å². The average molecular weight is 240 g/mol. The Kier molecular flexibility index (Phi) is 3.21. The van der Waals surface area contributed by atoms with E-state index in [0.29, 0.717) is 0 Å². The van der Waals surface area contributed by atoms with Crippen LogP contribution in [0.1, 0.15) is 43.7 Å². The van der Waals surface area contributed by atoms with Crippen LogP contribution in [0.15, 0.2) is 24.3 Å². The average Bonchev–Trinajstić information content (AvgIpc) is 2.29. The number of hydrogen-bond acceptors (Lipinski definition) is 1. The van der Waals surface area contributed by atoms with Crippen molar-refractivity contribution in [3.63, 3.8) is 0 Å². The molecule has 0 saturated heterocycles. The first kappa shape index (κ1) is 12.5. The van der Waals surface area contributed by atoms with Crippen molar-refractivity contribution in [2.24, 2.45) is 0 Å². The first-order valence-electron chi connectivity index (χ1n) is 6.14. The minimum Gasteiger partial charge on any atom is -0.395 e. The third-order valence-corrected chi connectivity index (χ3v) is 3.95. The van der Waals surface area contributed by atoms with Gasteiger partial charge in [-0.15, -0.1) is 0 Å². The van der Waals surface area contributed by atoms with Crippen LogP contribution in [0.25, 0.3) is 0 Å². The van der Waals surface area contributed by atoms with Gasteiger partial charge in [0.1, 0.15) is 0 Å². The summed E-state index contributed by atoms with van der Waals surface area (Å²) in [6.45, 7) is 1.53. The van der Waals surface area contributed by atoms with E-state index in [-0.39, 0.29) is 24.0 Å². The van der Waals surface area contributed by atoms with Gasteiger partial charge in [0, 0.05) is 17.4 Å². The van der Waals surface area contributed by atoms with Crippen molar-refractivity contribution >= 4 is 0 Å². The van der Waals surface area contributed by atoms with Crippen molar-refractivity contribution in [3.8, 4) is 0 Å². The molecule has 0 spiro atoms. The lowest BCUT2D eigenvalue weighted by Gasteiger charge is -2.41. The summed E-state index contributed by atoms with van der Waals surface area (Å²) in [5.41, 5.74) is 0.661. The molecule has 1 aromatic rings. The molecule has 0 atom stereocenters. The minimum absolute atomic E-state index is 0.0498. The topological polar surface area (TPSA) is 20.2 Å². The molecule has 94 valence electrons. The van der Waals surface area contributed by atoms with Crippen LogP contribution in [0.3, 0.4) is 0 Å². The van der Waals surface area contributed by atoms with Crippen LogP contribution in [-0.4, -0.2) is 11.7 Å². The summed E-state index contributed by atoms with van der Waals surface area (Å²) in [6.07, 6.45) is 2.66. The molecule has 1 aliphatic rings. The molecule has 0 radical (unpaired) electrons. The molecule has 0 unspecified atom stereocenters. The Balaban J connectivity index is 2.35. The number of benzene rings is 1. The lowest BCUT2D eigenvalue weighted by atomic mass is 9.65. The number of halogens is 2. The molecule has 1 saturated carbocycles. The zero-order valence-corrected chi connectivity index (χ0v) is 10.0. The smallest absolute Gasteiger partial charge is 0.273 e. The molecule has 1 N–H and O–H groups in total. The van der Waals surface area contributed by atoms with E-state index < -0.39 is 5.92 Å². The highest BCUT2D eigenvalue weighted by molar-refractivity contribution is 5.34. The van der Waals surface area contributed by atoms with Crippen LogP contribution in [0, 0.1) is 0 Å². The molecular weight excluding hydrogens is 222 g/mol. The fourth-order valence-electron chi connectivity index (χ4n) is 2.42. The summed E-state index contributed by atoms with van der Waals surface area (Å²) in [7, 11) is 0. The number of aliphatic hydroxyl groups excluding tert-OH is 1. The van der Waals surface area contributed by atoms with Crippen LogP contribution >= 0.6 is 0 Å². The Morgan fingerprint density at radius 2 is 2.06 bits per heavy atom. The molecule has 1 aliphatic carbocycles.